The Balaban J connectivity index is 2.98. The highest BCUT2D eigenvalue weighted by molar-refractivity contribution is 6.88. The molecule has 0 bridgehead atoms. The van der Waals surface area contributed by atoms with E-state index in [1.807, 2.05) is 52.4 Å². The summed E-state index contributed by atoms with van der Waals surface area (Å²) in [5.74, 6) is 0. The van der Waals surface area contributed by atoms with Gasteiger partial charge in [-0.25, -0.2) is 0 Å². The summed E-state index contributed by atoms with van der Waals surface area (Å²) in [5, 5.41) is 0. The van der Waals surface area contributed by atoms with E-state index >= 15 is 0 Å². The van der Waals surface area contributed by atoms with Gasteiger partial charge in [0.05, 0.1) is 0 Å². The molecule has 0 amide bonds. The fourth-order valence-corrected chi connectivity index (χ4v) is 19.2. The molecule has 1 aliphatic heterocycles. The summed E-state index contributed by atoms with van der Waals surface area (Å²) in [7, 11) is -9.05. The van der Waals surface area contributed by atoms with Crippen LogP contribution in [0.5, 0.6) is 0 Å². The Labute approximate surface area is 108 Å². The molecule has 0 unspecified atom stereocenters. The molecule has 1 heterocycles. The second-order valence-electron chi connectivity index (χ2n) is 6.07. The van der Waals surface area contributed by atoms with E-state index in [1.54, 1.807) is 0 Å². The van der Waals surface area contributed by atoms with Crippen LogP contribution in [-0.2, 0) is 21.5 Å². The summed E-state index contributed by atoms with van der Waals surface area (Å²) >= 11 is 0. The molecule has 1 aliphatic rings. The third-order valence-electron chi connectivity index (χ3n) is 1.92. The van der Waals surface area contributed by atoms with Crippen LogP contribution in [0.1, 0.15) is 0 Å². The second-order valence-corrected chi connectivity index (χ2v) is 20.1. The lowest BCUT2D eigenvalue weighted by Gasteiger charge is -2.35. The molecule has 1 fully saturated rings. The smallest absolute Gasteiger partial charge is 0.359 e. The van der Waals surface area contributed by atoms with E-state index in [2.05, 4.69) is 0 Å². The largest absolute Gasteiger partial charge is 0.416 e. The van der Waals surface area contributed by atoms with Crippen LogP contribution in [0.25, 0.3) is 0 Å². The maximum absolute atomic E-state index is 6.16. The minimum Gasteiger partial charge on any atom is -0.416 e. The maximum atomic E-state index is 6.16. The van der Waals surface area contributed by atoms with Crippen LogP contribution >= 0.6 is 0 Å². The molecular formula is C8H24O5Si4. The normalized spacial score (nSPS) is 31.1. The van der Waals surface area contributed by atoms with Gasteiger partial charge in [-0.3, -0.25) is 9.15 Å². The fourth-order valence-electron chi connectivity index (χ4n) is 2.05. The van der Waals surface area contributed by atoms with Gasteiger partial charge in [0.2, 0.25) is 0 Å². The van der Waals surface area contributed by atoms with E-state index in [1.165, 1.54) is 0 Å². The van der Waals surface area contributed by atoms with Gasteiger partial charge in [0.15, 0.2) is 0 Å². The van der Waals surface area contributed by atoms with E-state index in [9.17, 15) is 0 Å². The van der Waals surface area contributed by atoms with Gasteiger partial charge in [-0.15, -0.1) is 0 Å². The topological polar surface area (TPSA) is 46.2 Å². The van der Waals surface area contributed by atoms with Crippen LogP contribution in [0.2, 0.25) is 52.4 Å². The highest BCUT2D eigenvalue weighted by Crippen LogP contribution is 2.27. The van der Waals surface area contributed by atoms with Gasteiger partial charge in [0.25, 0.3) is 0 Å². The SMILES string of the molecule is C[Si]1(C)OO[Si](C)(C)O[Si](C)(C)O[Si](C)(C)O1. The van der Waals surface area contributed by atoms with E-state index in [0.717, 1.165) is 0 Å². The van der Waals surface area contributed by atoms with Crippen molar-refractivity contribution in [3.63, 3.8) is 0 Å². The van der Waals surface area contributed by atoms with Crippen molar-refractivity contribution in [1.82, 2.24) is 0 Å². The molecule has 17 heavy (non-hydrogen) atoms. The summed E-state index contributed by atoms with van der Waals surface area (Å²) in [6, 6.07) is 0. The average Bonchev–Trinajstić information content (AvgIpc) is 1.94. The Morgan fingerprint density at radius 1 is 0.412 bits per heavy atom. The van der Waals surface area contributed by atoms with Crippen molar-refractivity contribution in [2.24, 2.45) is 0 Å². The predicted molar refractivity (Wildman–Crippen MR) is 75.4 cm³/mol. The van der Waals surface area contributed by atoms with E-state index in [-0.39, 0.29) is 0 Å². The molecule has 0 aromatic rings. The van der Waals surface area contributed by atoms with Crippen molar-refractivity contribution in [2.45, 2.75) is 52.4 Å². The summed E-state index contributed by atoms with van der Waals surface area (Å²) in [4.78, 5) is 0. The van der Waals surface area contributed by atoms with E-state index in [4.69, 9.17) is 21.5 Å². The lowest BCUT2D eigenvalue weighted by atomic mass is 11.9. The third-order valence-corrected chi connectivity index (χ3v) is 14.9. The lowest BCUT2D eigenvalue weighted by Crippen LogP contribution is -2.54. The first kappa shape index (κ1) is 15.7. The quantitative estimate of drug-likeness (QED) is 0.508. The molecule has 102 valence electrons. The molecule has 9 heteroatoms. The Kier molecular flexibility index (Phi) is 4.30. The summed E-state index contributed by atoms with van der Waals surface area (Å²) < 4.78 is 29.3. The van der Waals surface area contributed by atoms with Crippen molar-refractivity contribution in [2.75, 3.05) is 0 Å². The van der Waals surface area contributed by atoms with Gasteiger partial charge in [-0.2, -0.15) is 0 Å². The third kappa shape index (κ3) is 5.44. The fraction of sp³-hybridized carbons (Fsp3) is 1.00. The Hall–Kier alpha value is 0.668. The Bertz CT molecular complexity index is 264. The molecule has 0 radical (unpaired) electrons. The van der Waals surface area contributed by atoms with Crippen molar-refractivity contribution < 1.29 is 21.5 Å². The Morgan fingerprint density at radius 3 is 0.941 bits per heavy atom. The zero-order valence-corrected chi connectivity index (χ0v) is 16.0. The van der Waals surface area contributed by atoms with Crippen molar-refractivity contribution >= 4 is 34.2 Å². The van der Waals surface area contributed by atoms with Gasteiger partial charge in [-0.1, -0.05) is 0 Å². The molecule has 0 aliphatic carbocycles. The van der Waals surface area contributed by atoms with Crippen LogP contribution in [0, 0.1) is 0 Å². The second kappa shape index (κ2) is 4.65. The van der Waals surface area contributed by atoms with E-state index < -0.39 is 34.2 Å². The standard InChI is InChI=1S/C8H24O5Si4/c1-14(2)9-10-15(3,4)12-17(7,8)13-16(5,6)11-14/h1-8H3. The van der Waals surface area contributed by atoms with Crippen molar-refractivity contribution in [3.05, 3.63) is 0 Å². The molecule has 0 spiro atoms. The van der Waals surface area contributed by atoms with Crippen molar-refractivity contribution in [3.8, 4) is 0 Å². The highest BCUT2D eigenvalue weighted by atomic mass is 28.5. The molecule has 5 nitrogen and oxygen atoms in total. The number of hydrogen-bond acceptors (Lipinski definition) is 5. The first-order valence-electron chi connectivity index (χ1n) is 5.80. The first-order valence-corrected chi connectivity index (χ1v) is 17.1. The first-order chi connectivity index (χ1) is 7.33. The molecule has 0 N–H and O–H groups in total. The van der Waals surface area contributed by atoms with Crippen LogP contribution in [0.3, 0.4) is 0 Å². The van der Waals surface area contributed by atoms with Gasteiger partial charge < -0.3 is 12.3 Å². The summed E-state index contributed by atoms with van der Waals surface area (Å²) in [6.07, 6.45) is 0. The van der Waals surface area contributed by atoms with Crippen molar-refractivity contribution in [1.29, 1.82) is 0 Å². The molecular weight excluding hydrogens is 288 g/mol. The average molecular weight is 313 g/mol. The molecule has 0 atom stereocenters. The number of rotatable bonds is 0. The van der Waals surface area contributed by atoms with Crippen LogP contribution in [0.4, 0.5) is 0 Å². The van der Waals surface area contributed by atoms with Gasteiger partial charge >= 0.3 is 34.2 Å². The number of hydrogen-bond donors (Lipinski definition) is 0. The monoisotopic (exact) mass is 312 g/mol. The Morgan fingerprint density at radius 2 is 0.647 bits per heavy atom. The molecule has 1 rings (SSSR count). The predicted octanol–water partition coefficient (Wildman–Crippen LogP) is 2.81. The van der Waals surface area contributed by atoms with Crippen LogP contribution in [0.15, 0.2) is 0 Å². The lowest BCUT2D eigenvalue weighted by molar-refractivity contribution is -0.150. The van der Waals surface area contributed by atoms with Crippen LogP contribution in [-0.4, -0.2) is 34.2 Å². The minimum atomic E-state index is -2.30. The summed E-state index contributed by atoms with van der Waals surface area (Å²) in [5.41, 5.74) is 0. The van der Waals surface area contributed by atoms with Gasteiger partial charge in [0.1, 0.15) is 0 Å². The van der Waals surface area contributed by atoms with Gasteiger partial charge in [-0.05, 0) is 52.4 Å². The molecule has 0 aromatic carbocycles. The zero-order valence-electron chi connectivity index (χ0n) is 12.0. The highest BCUT2D eigenvalue weighted by Gasteiger charge is 2.48. The van der Waals surface area contributed by atoms with Gasteiger partial charge in [0, 0.05) is 0 Å². The van der Waals surface area contributed by atoms with Crippen LogP contribution < -0.4 is 0 Å². The molecule has 1 saturated heterocycles. The maximum Gasteiger partial charge on any atom is 0.359 e. The minimum absolute atomic E-state index is 1.97. The molecule has 0 saturated carbocycles. The zero-order chi connectivity index (χ0) is 13.5. The van der Waals surface area contributed by atoms with E-state index in [0.29, 0.717) is 0 Å². The molecule has 0 aromatic heterocycles. The summed E-state index contributed by atoms with van der Waals surface area (Å²) in [6.45, 7) is 16.0.